The molecule has 1 aromatic rings. The molecule has 1 fully saturated rings. The molecule has 2 rings (SSSR count). The maximum atomic E-state index is 11.0. The maximum Gasteiger partial charge on any atom is 0.217 e. The van der Waals surface area contributed by atoms with Crippen molar-refractivity contribution in [1.29, 1.82) is 0 Å². The largest absolute Gasteiger partial charge is 0.370 e. The van der Waals surface area contributed by atoms with Gasteiger partial charge in [0.05, 0.1) is 0 Å². The van der Waals surface area contributed by atoms with Crippen LogP contribution in [0.25, 0.3) is 0 Å². The number of primary amides is 1. The highest BCUT2D eigenvalue weighted by Crippen LogP contribution is 2.28. The van der Waals surface area contributed by atoms with Crippen molar-refractivity contribution in [2.45, 2.75) is 33.1 Å². The molecule has 1 amide bonds. The normalized spacial score (nSPS) is 16.2. The Hall–Kier alpha value is -1.89. The summed E-state index contributed by atoms with van der Waals surface area (Å²) in [6.07, 6.45) is 2.39. The zero-order valence-electron chi connectivity index (χ0n) is 12.0. The minimum Gasteiger partial charge on any atom is -0.370 e. The van der Waals surface area contributed by atoms with E-state index in [2.05, 4.69) is 20.3 Å². The number of nitrogen functional groups attached to an aromatic ring is 1. The SMILES string of the molecule is Cc1nc(NN)c(C)c(N2CCC(CC(N)=O)CC2)n1. The van der Waals surface area contributed by atoms with E-state index < -0.39 is 0 Å². The third kappa shape index (κ3) is 3.16. The highest BCUT2D eigenvalue weighted by Gasteiger charge is 2.23. The van der Waals surface area contributed by atoms with Crippen LogP contribution in [0.15, 0.2) is 0 Å². The van der Waals surface area contributed by atoms with E-state index in [9.17, 15) is 4.79 Å². The van der Waals surface area contributed by atoms with Gasteiger partial charge in [-0.1, -0.05) is 0 Å². The maximum absolute atomic E-state index is 11.0. The molecule has 20 heavy (non-hydrogen) atoms. The number of nitrogens with two attached hydrogens (primary N) is 2. The molecule has 1 saturated heterocycles. The summed E-state index contributed by atoms with van der Waals surface area (Å²) in [5, 5.41) is 0. The minimum absolute atomic E-state index is 0.216. The lowest BCUT2D eigenvalue weighted by atomic mass is 9.93. The van der Waals surface area contributed by atoms with E-state index in [4.69, 9.17) is 11.6 Å². The summed E-state index contributed by atoms with van der Waals surface area (Å²) in [5.74, 6) is 7.93. The number of anilines is 2. The lowest BCUT2D eigenvalue weighted by molar-refractivity contribution is -0.119. The number of hydrogen-bond acceptors (Lipinski definition) is 6. The number of aromatic nitrogens is 2. The van der Waals surface area contributed by atoms with Crippen LogP contribution < -0.4 is 21.9 Å². The van der Waals surface area contributed by atoms with Crippen LogP contribution in [0.2, 0.25) is 0 Å². The van der Waals surface area contributed by atoms with Gasteiger partial charge < -0.3 is 16.1 Å². The van der Waals surface area contributed by atoms with Crippen molar-refractivity contribution in [1.82, 2.24) is 9.97 Å². The Morgan fingerprint density at radius 1 is 1.35 bits per heavy atom. The second-order valence-electron chi connectivity index (χ2n) is 5.31. The van der Waals surface area contributed by atoms with E-state index in [1.54, 1.807) is 0 Å². The molecular formula is C13H22N6O. The monoisotopic (exact) mass is 278 g/mol. The van der Waals surface area contributed by atoms with Crippen LogP contribution in [0.1, 0.15) is 30.7 Å². The summed E-state index contributed by atoms with van der Waals surface area (Å²) in [4.78, 5) is 22.0. The fraction of sp³-hybridized carbons (Fsp3) is 0.615. The fourth-order valence-corrected chi connectivity index (χ4v) is 2.70. The van der Waals surface area contributed by atoms with Crippen LogP contribution in [0, 0.1) is 19.8 Å². The van der Waals surface area contributed by atoms with E-state index in [0.29, 0.717) is 24.0 Å². The smallest absolute Gasteiger partial charge is 0.217 e. The Labute approximate surface area is 118 Å². The van der Waals surface area contributed by atoms with Crippen LogP contribution in [-0.2, 0) is 4.79 Å². The molecule has 2 heterocycles. The zero-order chi connectivity index (χ0) is 14.7. The van der Waals surface area contributed by atoms with Gasteiger partial charge in [-0.3, -0.25) is 4.79 Å². The minimum atomic E-state index is -0.216. The Bertz CT molecular complexity index is 496. The predicted octanol–water partition coefficient (Wildman–Crippen LogP) is 0.471. The molecule has 0 saturated carbocycles. The Morgan fingerprint density at radius 2 is 2.00 bits per heavy atom. The molecule has 110 valence electrons. The quantitative estimate of drug-likeness (QED) is 0.545. The van der Waals surface area contributed by atoms with Gasteiger partial charge in [0.25, 0.3) is 0 Å². The highest BCUT2D eigenvalue weighted by molar-refractivity contribution is 5.74. The van der Waals surface area contributed by atoms with Crippen molar-refractivity contribution in [2.24, 2.45) is 17.5 Å². The van der Waals surface area contributed by atoms with Crippen molar-refractivity contribution in [3.8, 4) is 0 Å². The summed E-state index contributed by atoms with van der Waals surface area (Å²) in [6.45, 7) is 5.56. The van der Waals surface area contributed by atoms with Crippen molar-refractivity contribution >= 4 is 17.5 Å². The van der Waals surface area contributed by atoms with Gasteiger partial charge in [0.2, 0.25) is 5.91 Å². The fourth-order valence-electron chi connectivity index (χ4n) is 2.70. The Balaban J connectivity index is 2.10. The third-order valence-corrected chi connectivity index (χ3v) is 3.77. The van der Waals surface area contributed by atoms with Crippen molar-refractivity contribution in [3.63, 3.8) is 0 Å². The molecule has 0 spiro atoms. The molecular weight excluding hydrogens is 256 g/mol. The molecule has 0 bridgehead atoms. The van der Waals surface area contributed by atoms with Crippen LogP contribution in [-0.4, -0.2) is 29.0 Å². The standard InChI is InChI=1S/C13H22N6O/c1-8-12(18-15)16-9(2)17-13(8)19-5-3-10(4-6-19)7-11(14)20/h10H,3-7,15H2,1-2H3,(H2,14,20)(H,16,17,18). The third-order valence-electron chi connectivity index (χ3n) is 3.77. The molecule has 1 aliphatic heterocycles. The van der Waals surface area contributed by atoms with Crippen LogP contribution >= 0.6 is 0 Å². The molecule has 0 atom stereocenters. The zero-order valence-corrected chi connectivity index (χ0v) is 12.0. The molecule has 0 aromatic carbocycles. The predicted molar refractivity (Wildman–Crippen MR) is 78.1 cm³/mol. The molecule has 0 unspecified atom stereocenters. The molecule has 1 aromatic heterocycles. The number of hydrogen-bond donors (Lipinski definition) is 3. The molecule has 5 N–H and O–H groups in total. The lowest BCUT2D eigenvalue weighted by Crippen LogP contribution is -2.36. The van der Waals surface area contributed by atoms with Crippen LogP contribution in [0.3, 0.4) is 0 Å². The highest BCUT2D eigenvalue weighted by atomic mass is 16.1. The number of carbonyl (C=O) groups is 1. The van der Waals surface area contributed by atoms with Gasteiger partial charge >= 0.3 is 0 Å². The van der Waals surface area contributed by atoms with Gasteiger partial charge in [-0.15, -0.1) is 0 Å². The topological polar surface area (TPSA) is 110 Å². The van der Waals surface area contributed by atoms with Crippen molar-refractivity contribution in [3.05, 3.63) is 11.4 Å². The van der Waals surface area contributed by atoms with E-state index in [0.717, 1.165) is 37.3 Å². The number of amides is 1. The number of nitrogens with one attached hydrogen (secondary N) is 1. The van der Waals surface area contributed by atoms with Gasteiger partial charge in [0.15, 0.2) is 0 Å². The molecule has 1 aliphatic rings. The Morgan fingerprint density at radius 3 is 2.55 bits per heavy atom. The van der Waals surface area contributed by atoms with E-state index in [1.807, 2.05) is 13.8 Å². The number of rotatable bonds is 4. The molecule has 0 aliphatic carbocycles. The van der Waals surface area contributed by atoms with Gasteiger partial charge in [0.1, 0.15) is 17.5 Å². The summed E-state index contributed by atoms with van der Waals surface area (Å²) in [6, 6.07) is 0. The van der Waals surface area contributed by atoms with Crippen LogP contribution in [0.4, 0.5) is 11.6 Å². The molecule has 7 heteroatoms. The second kappa shape index (κ2) is 6.04. The number of hydrazine groups is 1. The second-order valence-corrected chi connectivity index (χ2v) is 5.31. The van der Waals surface area contributed by atoms with Crippen molar-refractivity contribution in [2.75, 3.05) is 23.4 Å². The first kappa shape index (κ1) is 14.5. The van der Waals surface area contributed by atoms with Crippen LogP contribution in [0.5, 0.6) is 0 Å². The number of aryl methyl sites for hydroxylation is 1. The summed E-state index contributed by atoms with van der Waals surface area (Å²) in [5.41, 5.74) is 8.82. The number of carbonyl (C=O) groups excluding carboxylic acids is 1. The number of nitrogens with zero attached hydrogens (tertiary/aromatic N) is 3. The van der Waals surface area contributed by atoms with E-state index in [-0.39, 0.29) is 5.91 Å². The first-order valence-electron chi connectivity index (χ1n) is 6.86. The summed E-state index contributed by atoms with van der Waals surface area (Å²) >= 11 is 0. The molecule has 0 radical (unpaired) electrons. The average Bonchev–Trinajstić information content (AvgIpc) is 2.41. The molecule has 7 nitrogen and oxygen atoms in total. The van der Waals surface area contributed by atoms with Gasteiger partial charge in [-0.2, -0.15) is 0 Å². The van der Waals surface area contributed by atoms with Gasteiger partial charge in [-0.05, 0) is 32.6 Å². The lowest BCUT2D eigenvalue weighted by Gasteiger charge is -2.33. The van der Waals surface area contributed by atoms with Crippen molar-refractivity contribution < 1.29 is 4.79 Å². The van der Waals surface area contributed by atoms with Gasteiger partial charge in [0, 0.05) is 25.1 Å². The van der Waals surface area contributed by atoms with E-state index in [1.165, 1.54) is 0 Å². The first-order valence-corrected chi connectivity index (χ1v) is 6.86. The Kier molecular flexibility index (Phi) is 4.39. The first-order chi connectivity index (χ1) is 9.51. The summed E-state index contributed by atoms with van der Waals surface area (Å²) < 4.78 is 0. The van der Waals surface area contributed by atoms with Gasteiger partial charge in [-0.25, -0.2) is 15.8 Å². The number of piperidine rings is 1. The summed E-state index contributed by atoms with van der Waals surface area (Å²) in [7, 11) is 0. The van der Waals surface area contributed by atoms with E-state index >= 15 is 0 Å². The average molecular weight is 278 g/mol.